The lowest BCUT2D eigenvalue weighted by Crippen LogP contribution is -2.24. The number of fused-ring (bicyclic) bond motifs is 1. The number of nitrogens with two attached hydrogens (primary N) is 1. The van der Waals surface area contributed by atoms with Crippen molar-refractivity contribution in [3.63, 3.8) is 0 Å². The highest BCUT2D eigenvalue weighted by molar-refractivity contribution is 5.98. The van der Waals surface area contributed by atoms with Crippen LogP contribution in [-0.2, 0) is 17.8 Å². The van der Waals surface area contributed by atoms with Gasteiger partial charge in [-0.05, 0) is 23.8 Å². The topological polar surface area (TPSA) is 108 Å². The summed E-state index contributed by atoms with van der Waals surface area (Å²) in [6.07, 6.45) is 0.177. The van der Waals surface area contributed by atoms with Crippen LogP contribution in [0.5, 0.6) is 0 Å². The van der Waals surface area contributed by atoms with Crippen LogP contribution >= 0.6 is 0 Å². The minimum absolute atomic E-state index is 0.00338. The minimum atomic E-state index is -0.0975. The molecule has 0 saturated heterocycles. The van der Waals surface area contributed by atoms with Crippen LogP contribution < -0.4 is 11.1 Å². The van der Waals surface area contributed by atoms with Gasteiger partial charge < -0.3 is 16.0 Å². The summed E-state index contributed by atoms with van der Waals surface area (Å²) in [7, 11) is 0. The summed E-state index contributed by atoms with van der Waals surface area (Å²) in [5, 5.41) is 10.3. The second-order valence-electron chi connectivity index (χ2n) is 5.27. The van der Waals surface area contributed by atoms with E-state index < -0.39 is 0 Å². The molecule has 1 amide bonds. The van der Waals surface area contributed by atoms with Gasteiger partial charge >= 0.3 is 0 Å². The van der Waals surface area contributed by atoms with Crippen molar-refractivity contribution in [3.05, 3.63) is 65.5 Å². The van der Waals surface area contributed by atoms with Gasteiger partial charge in [0.05, 0.1) is 17.5 Å². The van der Waals surface area contributed by atoms with E-state index >= 15 is 0 Å². The molecule has 23 heavy (non-hydrogen) atoms. The largest absolute Gasteiger partial charge is 0.384 e. The van der Waals surface area contributed by atoms with Crippen LogP contribution in [0.4, 0.5) is 0 Å². The number of nitrogens with one attached hydrogen (secondary N) is 3. The van der Waals surface area contributed by atoms with E-state index in [4.69, 9.17) is 11.1 Å². The number of aromatic amines is 1. The Hall–Kier alpha value is -3.15. The SMILES string of the molecule is N=C(N)c1ccc2nc(CC(=O)NCc3ccccc3)[nH]c2c1. The zero-order chi connectivity index (χ0) is 16.2. The van der Waals surface area contributed by atoms with Crippen molar-refractivity contribution < 1.29 is 4.79 Å². The first-order chi connectivity index (χ1) is 11.1. The molecule has 0 saturated carbocycles. The third kappa shape index (κ3) is 3.55. The Labute approximate surface area is 133 Å². The van der Waals surface area contributed by atoms with E-state index in [0.29, 0.717) is 17.9 Å². The van der Waals surface area contributed by atoms with Gasteiger partial charge in [-0.2, -0.15) is 0 Å². The van der Waals surface area contributed by atoms with Gasteiger partial charge in [0.1, 0.15) is 11.7 Å². The summed E-state index contributed by atoms with van der Waals surface area (Å²) in [4.78, 5) is 19.5. The van der Waals surface area contributed by atoms with Crippen molar-refractivity contribution in [2.75, 3.05) is 0 Å². The van der Waals surface area contributed by atoms with Crippen LogP contribution in [0.15, 0.2) is 48.5 Å². The molecule has 0 aliphatic carbocycles. The summed E-state index contributed by atoms with van der Waals surface area (Å²) < 4.78 is 0. The molecule has 5 N–H and O–H groups in total. The number of rotatable bonds is 5. The minimum Gasteiger partial charge on any atom is -0.384 e. The van der Waals surface area contributed by atoms with Crippen LogP contribution in [0.25, 0.3) is 11.0 Å². The Morgan fingerprint density at radius 1 is 1.22 bits per heavy atom. The fraction of sp³-hybridized carbons (Fsp3) is 0.118. The summed E-state index contributed by atoms with van der Waals surface area (Å²) >= 11 is 0. The Morgan fingerprint density at radius 2 is 2.00 bits per heavy atom. The lowest BCUT2D eigenvalue weighted by molar-refractivity contribution is -0.120. The predicted octanol–water partition coefficient (Wildman–Crippen LogP) is 1.71. The highest BCUT2D eigenvalue weighted by Crippen LogP contribution is 2.14. The average Bonchev–Trinajstić information content (AvgIpc) is 2.95. The van der Waals surface area contributed by atoms with Gasteiger partial charge in [0.2, 0.25) is 5.91 Å². The third-order valence-electron chi connectivity index (χ3n) is 3.50. The molecule has 0 aliphatic rings. The Balaban J connectivity index is 1.66. The molecule has 6 nitrogen and oxygen atoms in total. The van der Waals surface area contributed by atoms with E-state index in [9.17, 15) is 4.79 Å². The van der Waals surface area contributed by atoms with Crippen LogP contribution in [0.1, 0.15) is 17.0 Å². The number of amides is 1. The molecule has 0 atom stereocenters. The first kappa shape index (κ1) is 14.8. The van der Waals surface area contributed by atoms with E-state index in [1.54, 1.807) is 18.2 Å². The van der Waals surface area contributed by atoms with Crippen LogP contribution in [0.2, 0.25) is 0 Å². The van der Waals surface area contributed by atoms with Gasteiger partial charge in [0.15, 0.2) is 0 Å². The Bertz CT molecular complexity index is 854. The highest BCUT2D eigenvalue weighted by atomic mass is 16.1. The summed E-state index contributed by atoms with van der Waals surface area (Å²) in [5.41, 5.74) is 8.67. The maximum atomic E-state index is 12.0. The molecule has 3 aromatic rings. The van der Waals surface area contributed by atoms with Crippen LogP contribution in [-0.4, -0.2) is 21.7 Å². The molecule has 2 aromatic carbocycles. The second kappa shape index (κ2) is 6.31. The monoisotopic (exact) mass is 307 g/mol. The maximum absolute atomic E-state index is 12.0. The van der Waals surface area contributed by atoms with Gasteiger partial charge in [0.25, 0.3) is 0 Å². The number of hydrogen-bond donors (Lipinski definition) is 4. The predicted molar refractivity (Wildman–Crippen MR) is 89.1 cm³/mol. The van der Waals surface area contributed by atoms with E-state index in [1.807, 2.05) is 30.3 Å². The number of amidine groups is 1. The standard InChI is InChI=1S/C17H17N5O/c18-17(19)12-6-7-13-14(8-12)22-15(21-13)9-16(23)20-10-11-4-2-1-3-5-11/h1-8H,9-10H2,(H3,18,19)(H,20,23)(H,21,22). The van der Waals surface area contributed by atoms with Gasteiger partial charge in [-0.25, -0.2) is 4.98 Å². The molecule has 0 aliphatic heterocycles. The molecular weight excluding hydrogens is 290 g/mol. The number of carbonyl (C=O) groups excluding carboxylic acids is 1. The van der Waals surface area contributed by atoms with Crippen molar-refractivity contribution in [2.45, 2.75) is 13.0 Å². The lowest BCUT2D eigenvalue weighted by Gasteiger charge is -2.03. The average molecular weight is 307 g/mol. The van der Waals surface area contributed by atoms with Gasteiger partial charge in [-0.1, -0.05) is 30.3 Å². The molecule has 1 heterocycles. The number of nitrogens with zero attached hydrogens (tertiary/aromatic N) is 1. The van der Waals surface area contributed by atoms with Gasteiger partial charge in [-0.15, -0.1) is 0 Å². The quantitative estimate of drug-likeness (QED) is 0.425. The number of aromatic nitrogens is 2. The second-order valence-corrected chi connectivity index (χ2v) is 5.27. The van der Waals surface area contributed by atoms with E-state index in [2.05, 4.69) is 15.3 Å². The van der Waals surface area contributed by atoms with Crippen molar-refractivity contribution >= 4 is 22.8 Å². The molecule has 6 heteroatoms. The first-order valence-electron chi connectivity index (χ1n) is 7.25. The Morgan fingerprint density at radius 3 is 2.74 bits per heavy atom. The molecule has 0 radical (unpaired) electrons. The molecule has 0 spiro atoms. The van der Waals surface area contributed by atoms with E-state index in [1.165, 1.54) is 0 Å². The summed E-state index contributed by atoms with van der Waals surface area (Å²) in [6, 6.07) is 15.0. The third-order valence-corrected chi connectivity index (χ3v) is 3.50. The number of benzene rings is 2. The number of H-pyrrole nitrogens is 1. The molecule has 0 bridgehead atoms. The molecular formula is C17H17N5O. The smallest absolute Gasteiger partial charge is 0.227 e. The molecule has 1 aromatic heterocycles. The van der Waals surface area contributed by atoms with E-state index in [-0.39, 0.29) is 18.2 Å². The normalized spacial score (nSPS) is 10.6. The van der Waals surface area contributed by atoms with Crippen molar-refractivity contribution in [3.8, 4) is 0 Å². The number of imidazole rings is 1. The maximum Gasteiger partial charge on any atom is 0.227 e. The zero-order valence-electron chi connectivity index (χ0n) is 12.5. The van der Waals surface area contributed by atoms with Crippen molar-refractivity contribution in [1.82, 2.24) is 15.3 Å². The fourth-order valence-electron chi connectivity index (χ4n) is 2.32. The van der Waals surface area contributed by atoms with E-state index in [0.717, 1.165) is 16.6 Å². The summed E-state index contributed by atoms with van der Waals surface area (Å²) in [6.45, 7) is 0.494. The van der Waals surface area contributed by atoms with Gasteiger partial charge in [-0.3, -0.25) is 10.2 Å². The van der Waals surface area contributed by atoms with Crippen LogP contribution in [0, 0.1) is 5.41 Å². The lowest BCUT2D eigenvalue weighted by atomic mass is 10.2. The Kier molecular flexibility index (Phi) is 4.05. The van der Waals surface area contributed by atoms with Crippen molar-refractivity contribution in [1.29, 1.82) is 5.41 Å². The van der Waals surface area contributed by atoms with Gasteiger partial charge in [0, 0.05) is 12.1 Å². The molecule has 0 unspecified atom stereocenters. The first-order valence-corrected chi connectivity index (χ1v) is 7.25. The van der Waals surface area contributed by atoms with Crippen LogP contribution in [0.3, 0.4) is 0 Å². The number of nitrogen functional groups attached to an aromatic ring is 1. The molecule has 116 valence electrons. The van der Waals surface area contributed by atoms with Crippen molar-refractivity contribution in [2.24, 2.45) is 5.73 Å². The summed E-state index contributed by atoms with van der Waals surface area (Å²) in [5.74, 6) is 0.495. The number of hydrogen-bond acceptors (Lipinski definition) is 3. The highest BCUT2D eigenvalue weighted by Gasteiger charge is 2.09. The molecule has 3 rings (SSSR count). The molecule has 0 fully saturated rings. The zero-order valence-corrected chi connectivity index (χ0v) is 12.5. The fourth-order valence-corrected chi connectivity index (χ4v) is 2.32. The number of carbonyl (C=O) groups is 1.